The maximum absolute atomic E-state index is 11.3. The largest absolute Gasteiger partial charge is 0.297 e. The van der Waals surface area contributed by atoms with Gasteiger partial charge in [-0.05, 0) is 5.56 Å². The van der Waals surface area contributed by atoms with Gasteiger partial charge in [0.2, 0.25) is 0 Å². The van der Waals surface area contributed by atoms with Crippen LogP contribution in [0.1, 0.15) is 5.56 Å². The number of Topliss-reactive ketones (excluding diaryl/α,β-unsaturated/α-hetero) is 1. The molecule has 1 unspecified atom stereocenters. The minimum atomic E-state index is -0.422. The van der Waals surface area contributed by atoms with Crippen molar-refractivity contribution in [1.82, 2.24) is 4.90 Å². The quantitative estimate of drug-likeness (QED) is 0.720. The SMILES string of the molecule is N#CC1CN(Cc2ccccc2)CC1=O. The summed E-state index contributed by atoms with van der Waals surface area (Å²) in [4.78, 5) is 13.4. The molecule has 1 aromatic carbocycles. The van der Waals surface area contributed by atoms with Crippen LogP contribution in [0.3, 0.4) is 0 Å². The van der Waals surface area contributed by atoms with E-state index in [-0.39, 0.29) is 5.78 Å². The molecule has 1 atom stereocenters. The summed E-state index contributed by atoms with van der Waals surface area (Å²) in [5, 5.41) is 8.72. The Kier molecular flexibility index (Phi) is 2.79. The van der Waals surface area contributed by atoms with Gasteiger partial charge in [0.25, 0.3) is 0 Å². The van der Waals surface area contributed by atoms with Gasteiger partial charge in [0.15, 0.2) is 5.78 Å². The molecule has 1 aromatic rings. The van der Waals surface area contributed by atoms with Crippen molar-refractivity contribution in [2.75, 3.05) is 13.1 Å². The van der Waals surface area contributed by atoms with Crippen LogP contribution in [-0.4, -0.2) is 23.8 Å². The summed E-state index contributed by atoms with van der Waals surface area (Å²) in [5.41, 5.74) is 1.18. The minimum Gasteiger partial charge on any atom is -0.297 e. The van der Waals surface area contributed by atoms with Crippen LogP contribution in [0.2, 0.25) is 0 Å². The van der Waals surface area contributed by atoms with Crippen LogP contribution in [0, 0.1) is 17.2 Å². The highest BCUT2D eigenvalue weighted by Crippen LogP contribution is 2.14. The molecule has 1 aliphatic heterocycles. The first kappa shape index (κ1) is 9.88. The molecular formula is C12H12N2O. The zero-order chi connectivity index (χ0) is 10.7. The first-order valence-corrected chi connectivity index (χ1v) is 4.98. The van der Waals surface area contributed by atoms with Crippen LogP contribution in [0.25, 0.3) is 0 Å². The summed E-state index contributed by atoms with van der Waals surface area (Å²) < 4.78 is 0. The van der Waals surface area contributed by atoms with Gasteiger partial charge in [0, 0.05) is 13.1 Å². The second-order valence-corrected chi connectivity index (χ2v) is 3.80. The summed E-state index contributed by atoms with van der Waals surface area (Å²) in [5.74, 6) is -0.373. The topological polar surface area (TPSA) is 44.1 Å². The van der Waals surface area contributed by atoms with E-state index in [2.05, 4.69) is 0 Å². The number of hydrogen-bond acceptors (Lipinski definition) is 3. The third-order valence-corrected chi connectivity index (χ3v) is 2.61. The van der Waals surface area contributed by atoms with E-state index >= 15 is 0 Å². The number of nitrogens with zero attached hydrogens (tertiary/aromatic N) is 2. The monoisotopic (exact) mass is 200 g/mol. The van der Waals surface area contributed by atoms with Gasteiger partial charge in [0.1, 0.15) is 5.92 Å². The van der Waals surface area contributed by atoms with E-state index in [1.807, 2.05) is 41.3 Å². The van der Waals surface area contributed by atoms with Crippen molar-refractivity contribution in [3.8, 4) is 6.07 Å². The molecular weight excluding hydrogens is 188 g/mol. The molecule has 15 heavy (non-hydrogen) atoms. The highest BCUT2D eigenvalue weighted by atomic mass is 16.1. The molecule has 3 heteroatoms. The molecule has 1 heterocycles. The molecule has 1 aliphatic rings. The van der Waals surface area contributed by atoms with Crippen molar-refractivity contribution in [3.63, 3.8) is 0 Å². The average molecular weight is 200 g/mol. The number of benzene rings is 1. The van der Waals surface area contributed by atoms with Gasteiger partial charge in [-0.2, -0.15) is 5.26 Å². The lowest BCUT2D eigenvalue weighted by Gasteiger charge is -2.13. The van der Waals surface area contributed by atoms with Gasteiger partial charge in [-0.25, -0.2) is 0 Å². The van der Waals surface area contributed by atoms with Crippen LogP contribution in [0.15, 0.2) is 30.3 Å². The molecule has 0 radical (unpaired) electrons. The predicted octanol–water partition coefficient (Wildman–Crippen LogP) is 1.21. The van der Waals surface area contributed by atoms with Gasteiger partial charge in [-0.3, -0.25) is 9.69 Å². The van der Waals surface area contributed by atoms with Crippen molar-refractivity contribution >= 4 is 5.78 Å². The highest BCUT2D eigenvalue weighted by Gasteiger charge is 2.30. The van der Waals surface area contributed by atoms with Crippen LogP contribution in [0.5, 0.6) is 0 Å². The number of rotatable bonds is 2. The summed E-state index contributed by atoms with van der Waals surface area (Å²) in [7, 11) is 0. The molecule has 2 rings (SSSR count). The lowest BCUT2D eigenvalue weighted by molar-refractivity contribution is -0.118. The van der Waals surface area contributed by atoms with E-state index < -0.39 is 5.92 Å². The summed E-state index contributed by atoms with van der Waals surface area (Å²) >= 11 is 0. The maximum atomic E-state index is 11.3. The number of likely N-dealkylation sites (tertiary alicyclic amines) is 1. The summed E-state index contributed by atoms with van der Waals surface area (Å²) in [6.07, 6.45) is 0. The third-order valence-electron chi connectivity index (χ3n) is 2.61. The summed E-state index contributed by atoms with van der Waals surface area (Å²) in [6.45, 7) is 1.74. The van der Waals surface area contributed by atoms with E-state index in [1.165, 1.54) is 5.56 Å². The molecule has 0 amide bonds. The molecule has 1 saturated heterocycles. The number of carbonyl (C=O) groups is 1. The second-order valence-electron chi connectivity index (χ2n) is 3.80. The predicted molar refractivity (Wildman–Crippen MR) is 55.8 cm³/mol. The van der Waals surface area contributed by atoms with E-state index in [0.717, 1.165) is 6.54 Å². The molecule has 1 fully saturated rings. The van der Waals surface area contributed by atoms with Gasteiger partial charge >= 0.3 is 0 Å². The average Bonchev–Trinajstić information content (AvgIpc) is 2.60. The Balaban J connectivity index is 1.99. The van der Waals surface area contributed by atoms with Crippen molar-refractivity contribution in [2.45, 2.75) is 6.54 Å². The Morgan fingerprint density at radius 1 is 1.40 bits per heavy atom. The Labute approximate surface area is 88.9 Å². The molecule has 3 nitrogen and oxygen atoms in total. The normalized spacial score (nSPS) is 21.5. The Bertz CT molecular complexity index is 394. The third kappa shape index (κ3) is 2.23. The number of nitriles is 1. The highest BCUT2D eigenvalue weighted by molar-refractivity contribution is 5.87. The second kappa shape index (κ2) is 4.24. The van der Waals surface area contributed by atoms with E-state index in [1.54, 1.807) is 0 Å². The zero-order valence-corrected chi connectivity index (χ0v) is 8.39. The van der Waals surface area contributed by atoms with Crippen molar-refractivity contribution < 1.29 is 4.79 Å². The van der Waals surface area contributed by atoms with Crippen molar-refractivity contribution in [3.05, 3.63) is 35.9 Å². The fraction of sp³-hybridized carbons (Fsp3) is 0.333. The van der Waals surface area contributed by atoms with Crippen molar-refractivity contribution in [1.29, 1.82) is 5.26 Å². The number of ketones is 1. The molecule has 0 aromatic heterocycles. The number of carbonyl (C=O) groups excluding carboxylic acids is 1. The van der Waals surface area contributed by atoms with E-state index in [0.29, 0.717) is 13.1 Å². The molecule has 0 N–H and O–H groups in total. The standard InChI is InChI=1S/C12H12N2O/c13-6-11-8-14(9-12(11)15)7-10-4-2-1-3-5-10/h1-5,11H,7-9H2. The van der Waals surface area contributed by atoms with Gasteiger partial charge in [-0.15, -0.1) is 0 Å². The van der Waals surface area contributed by atoms with E-state index in [9.17, 15) is 4.79 Å². The first-order chi connectivity index (χ1) is 7.29. The lowest BCUT2D eigenvalue weighted by Crippen LogP contribution is -2.20. The molecule has 76 valence electrons. The van der Waals surface area contributed by atoms with Crippen LogP contribution >= 0.6 is 0 Å². The smallest absolute Gasteiger partial charge is 0.165 e. The van der Waals surface area contributed by atoms with E-state index in [4.69, 9.17) is 5.26 Å². The maximum Gasteiger partial charge on any atom is 0.165 e. The number of hydrogen-bond donors (Lipinski definition) is 0. The fourth-order valence-electron chi connectivity index (χ4n) is 1.83. The molecule has 0 spiro atoms. The van der Waals surface area contributed by atoms with Crippen LogP contribution in [-0.2, 0) is 11.3 Å². The van der Waals surface area contributed by atoms with Crippen molar-refractivity contribution in [2.24, 2.45) is 5.92 Å². The van der Waals surface area contributed by atoms with Crippen LogP contribution < -0.4 is 0 Å². The summed E-state index contributed by atoms with van der Waals surface area (Å²) in [6, 6.07) is 12.0. The van der Waals surface area contributed by atoms with Gasteiger partial charge < -0.3 is 0 Å². The molecule has 0 aliphatic carbocycles. The molecule has 0 bridgehead atoms. The Morgan fingerprint density at radius 3 is 2.73 bits per heavy atom. The van der Waals surface area contributed by atoms with Gasteiger partial charge in [-0.1, -0.05) is 30.3 Å². The molecule has 0 saturated carbocycles. The Hall–Kier alpha value is -1.66. The lowest BCUT2D eigenvalue weighted by atomic mass is 10.1. The first-order valence-electron chi connectivity index (χ1n) is 4.98. The van der Waals surface area contributed by atoms with Gasteiger partial charge in [0.05, 0.1) is 12.6 Å². The van der Waals surface area contributed by atoms with Crippen LogP contribution in [0.4, 0.5) is 0 Å². The fourth-order valence-corrected chi connectivity index (χ4v) is 1.83. The minimum absolute atomic E-state index is 0.0495. The zero-order valence-electron chi connectivity index (χ0n) is 8.39. The Morgan fingerprint density at radius 2 is 2.13 bits per heavy atom.